The summed E-state index contributed by atoms with van der Waals surface area (Å²) < 4.78 is 30.0. The number of hydrogen-bond donors (Lipinski definition) is 1. The van der Waals surface area contributed by atoms with Gasteiger partial charge in [0.05, 0.1) is 22.5 Å². The van der Waals surface area contributed by atoms with Crippen molar-refractivity contribution in [2.75, 3.05) is 26.2 Å². The van der Waals surface area contributed by atoms with E-state index in [1.807, 2.05) is 19.9 Å². The van der Waals surface area contributed by atoms with Crippen LogP contribution in [-0.2, 0) is 27.9 Å². The van der Waals surface area contributed by atoms with Gasteiger partial charge in [-0.05, 0) is 50.8 Å². The lowest BCUT2D eigenvalue weighted by atomic mass is 10.0. The first kappa shape index (κ1) is 24.2. The number of likely N-dealkylation sites (tertiary alicyclic amines) is 1. The van der Waals surface area contributed by atoms with Gasteiger partial charge in [0.2, 0.25) is 15.9 Å². The van der Waals surface area contributed by atoms with Crippen molar-refractivity contribution in [2.24, 2.45) is 5.92 Å². The van der Waals surface area contributed by atoms with Gasteiger partial charge in [0, 0.05) is 44.7 Å². The Kier molecular flexibility index (Phi) is 7.40. The summed E-state index contributed by atoms with van der Waals surface area (Å²) >= 11 is 0. The number of sulfonamides is 1. The topological polar surface area (TPSA) is 87.5 Å². The number of aromatic nitrogens is 2. The fourth-order valence-electron chi connectivity index (χ4n) is 4.85. The van der Waals surface area contributed by atoms with Gasteiger partial charge in [0.25, 0.3) is 0 Å². The van der Waals surface area contributed by atoms with Gasteiger partial charge in [-0.25, -0.2) is 13.4 Å². The van der Waals surface area contributed by atoms with E-state index >= 15 is 0 Å². The molecular formula is C24H37N5O3S. The van der Waals surface area contributed by atoms with E-state index in [1.54, 1.807) is 16.4 Å². The molecule has 2 aliphatic rings. The number of fused-ring (bicyclic) bond motifs is 1. The molecule has 1 N–H and O–H groups in total. The maximum Gasteiger partial charge on any atom is 0.243 e. The second-order valence-electron chi connectivity index (χ2n) is 9.60. The molecule has 1 aromatic heterocycles. The van der Waals surface area contributed by atoms with Gasteiger partial charge in [0.1, 0.15) is 5.82 Å². The summed E-state index contributed by atoms with van der Waals surface area (Å²) in [5, 5.41) is 3.15. The molecule has 8 nitrogen and oxygen atoms in total. The number of hydrogen-bond acceptors (Lipinski definition) is 5. The molecule has 4 rings (SSSR count). The van der Waals surface area contributed by atoms with Crippen LogP contribution in [0.2, 0.25) is 0 Å². The highest BCUT2D eigenvalue weighted by Crippen LogP contribution is 2.26. The van der Waals surface area contributed by atoms with Gasteiger partial charge in [-0.3, -0.25) is 9.69 Å². The Balaban J connectivity index is 1.48. The van der Waals surface area contributed by atoms with Crippen molar-refractivity contribution in [2.45, 2.75) is 76.9 Å². The number of benzene rings is 1. The average molecular weight is 476 g/mol. The van der Waals surface area contributed by atoms with E-state index in [9.17, 15) is 13.2 Å². The highest BCUT2D eigenvalue weighted by Gasteiger charge is 2.27. The molecule has 0 unspecified atom stereocenters. The number of carbonyl (C=O) groups excluding carboxylic acids is 1. The lowest BCUT2D eigenvalue weighted by Crippen LogP contribution is -2.45. The van der Waals surface area contributed by atoms with Crippen LogP contribution in [0.3, 0.4) is 0 Å². The zero-order chi connectivity index (χ0) is 23.6. The molecule has 0 aliphatic carbocycles. The standard InChI is InChI=1S/C24H37N5O3S/c1-4-29-22-9-8-20(33(31,32)28-12-6-5-7-13-28)16-21(22)26-23(29)17-27-14-10-19(11-15-27)25-24(30)18(2)3/h8-9,16,18-19H,4-7,10-15,17H2,1-3H3,(H,25,30). The summed E-state index contributed by atoms with van der Waals surface area (Å²) in [5.74, 6) is 1.09. The number of rotatable bonds is 7. The molecule has 33 heavy (non-hydrogen) atoms. The quantitative estimate of drug-likeness (QED) is 0.665. The lowest BCUT2D eigenvalue weighted by molar-refractivity contribution is -0.125. The summed E-state index contributed by atoms with van der Waals surface area (Å²) in [4.78, 5) is 19.5. The van der Waals surface area contributed by atoms with Gasteiger partial charge < -0.3 is 9.88 Å². The van der Waals surface area contributed by atoms with E-state index in [1.165, 1.54) is 0 Å². The van der Waals surface area contributed by atoms with Crippen LogP contribution in [0, 0.1) is 5.92 Å². The van der Waals surface area contributed by atoms with E-state index in [2.05, 4.69) is 21.7 Å². The molecule has 0 bridgehead atoms. The van der Waals surface area contributed by atoms with E-state index in [0.29, 0.717) is 18.0 Å². The SMILES string of the molecule is CCn1c(CN2CCC(NC(=O)C(C)C)CC2)nc2cc(S(=O)(=O)N3CCCCC3)ccc21. The van der Waals surface area contributed by atoms with Gasteiger partial charge in [-0.1, -0.05) is 20.3 Å². The van der Waals surface area contributed by atoms with Crippen molar-refractivity contribution in [3.05, 3.63) is 24.0 Å². The van der Waals surface area contributed by atoms with Crippen LogP contribution in [-0.4, -0.2) is 65.3 Å². The van der Waals surface area contributed by atoms with Crippen molar-refractivity contribution in [1.82, 2.24) is 24.1 Å². The number of piperidine rings is 2. The molecular weight excluding hydrogens is 438 g/mol. The summed E-state index contributed by atoms with van der Waals surface area (Å²) in [6.07, 6.45) is 4.81. The Bertz CT molecular complexity index is 1080. The molecule has 1 amide bonds. The van der Waals surface area contributed by atoms with Crippen LogP contribution in [0.25, 0.3) is 11.0 Å². The maximum atomic E-state index is 13.1. The Morgan fingerprint density at radius 2 is 1.82 bits per heavy atom. The number of nitrogens with one attached hydrogen (secondary N) is 1. The molecule has 2 aliphatic heterocycles. The van der Waals surface area contributed by atoms with E-state index in [0.717, 1.165) is 75.1 Å². The summed E-state index contributed by atoms with van der Waals surface area (Å²) in [6.45, 7) is 10.5. The third kappa shape index (κ3) is 5.25. The van der Waals surface area contributed by atoms with E-state index in [-0.39, 0.29) is 17.9 Å². The molecule has 2 fully saturated rings. The molecule has 182 valence electrons. The minimum absolute atomic E-state index is 0.0103. The third-order valence-corrected chi connectivity index (χ3v) is 8.79. The van der Waals surface area contributed by atoms with Gasteiger partial charge >= 0.3 is 0 Å². The molecule has 0 spiro atoms. The Labute approximate surface area is 197 Å². The largest absolute Gasteiger partial charge is 0.353 e. The molecule has 3 heterocycles. The highest BCUT2D eigenvalue weighted by atomic mass is 32.2. The van der Waals surface area contributed by atoms with Gasteiger partial charge in [-0.15, -0.1) is 0 Å². The zero-order valence-electron chi connectivity index (χ0n) is 20.1. The predicted octanol–water partition coefficient (Wildman–Crippen LogP) is 2.97. The number of imidazole rings is 1. The van der Waals surface area contributed by atoms with Crippen LogP contribution >= 0.6 is 0 Å². The normalized spacial score (nSPS) is 19.4. The molecule has 9 heteroatoms. The molecule has 2 saturated heterocycles. The van der Waals surface area contributed by atoms with Crippen molar-refractivity contribution >= 4 is 27.0 Å². The number of nitrogens with zero attached hydrogens (tertiary/aromatic N) is 4. The first-order valence-corrected chi connectivity index (χ1v) is 13.8. The van der Waals surface area contributed by atoms with Crippen LogP contribution in [0.1, 0.15) is 58.7 Å². The van der Waals surface area contributed by atoms with Crippen molar-refractivity contribution in [3.8, 4) is 0 Å². The minimum atomic E-state index is -3.47. The fourth-order valence-corrected chi connectivity index (χ4v) is 6.39. The Morgan fingerprint density at radius 1 is 1.12 bits per heavy atom. The first-order chi connectivity index (χ1) is 15.8. The van der Waals surface area contributed by atoms with Crippen LogP contribution in [0.15, 0.2) is 23.1 Å². The number of aryl methyl sites for hydroxylation is 1. The highest BCUT2D eigenvalue weighted by molar-refractivity contribution is 7.89. The van der Waals surface area contributed by atoms with Crippen LogP contribution < -0.4 is 5.32 Å². The molecule has 0 radical (unpaired) electrons. The maximum absolute atomic E-state index is 13.1. The van der Waals surface area contributed by atoms with E-state index in [4.69, 9.17) is 4.98 Å². The minimum Gasteiger partial charge on any atom is -0.353 e. The molecule has 1 aromatic carbocycles. The Morgan fingerprint density at radius 3 is 2.45 bits per heavy atom. The predicted molar refractivity (Wildman–Crippen MR) is 129 cm³/mol. The number of amides is 1. The van der Waals surface area contributed by atoms with Crippen molar-refractivity contribution in [1.29, 1.82) is 0 Å². The molecule has 2 aromatic rings. The van der Waals surface area contributed by atoms with Crippen LogP contribution in [0.4, 0.5) is 0 Å². The van der Waals surface area contributed by atoms with E-state index < -0.39 is 10.0 Å². The lowest BCUT2D eigenvalue weighted by Gasteiger charge is -2.32. The second-order valence-corrected chi connectivity index (χ2v) is 11.5. The monoisotopic (exact) mass is 475 g/mol. The summed E-state index contributed by atoms with van der Waals surface area (Å²) in [5.41, 5.74) is 1.72. The smallest absolute Gasteiger partial charge is 0.243 e. The number of carbonyl (C=O) groups is 1. The van der Waals surface area contributed by atoms with Crippen molar-refractivity contribution in [3.63, 3.8) is 0 Å². The fraction of sp³-hybridized carbons (Fsp3) is 0.667. The average Bonchev–Trinajstić information content (AvgIpc) is 3.16. The molecule has 0 saturated carbocycles. The van der Waals surface area contributed by atoms with Gasteiger partial charge in [-0.2, -0.15) is 4.31 Å². The second kappa shape index (κ2) is 10.1. The molecule has 0 atom stereocenters. The Hall–Kier alpha value is -1.97. The zero-order valence-corrected chi connectivity index (χ0v) is 20.9. The first-order valence-electron chi connectivity index (χ1n) is 12.3. The summed E-state index contributed by atoms with van der Waals surface area (Å²) in [6, 6.07) is 5.61. The summed E-state index contributed by atoms with van der Waals surface area (Å²) in [7, 11) is -3.47. The third-order valence-electron chi connectivity index (χ3n) is 6.89. The van der Waals surface area contributed by atoms with Crippen molar-refractivity contribution < 1.29 is 13.2 Å². The van der Waals surface area contributed by atoms with Gasteiger partial charge in [0.15, 0.2) is 0 Å². The van der Waals surface area contributed by atoms with Crippen LogP contribution in [0.5, 0.6) is 0 Å².